The van der Waals surface area contributed by atoms with Crippen LogP contribution in [0.5, 0.6) is 0 Å². The van der Waals surface area contributed by atoms with Crippen LogP contribution in [0.2, 0.25) is 0 Å². The monoisotopic (exact) mass is 328 g/mol. The van der Waals surface area contributed by atoms with Crippen molar-refractivity contribution < 1.29 is 13.2 Å². The molecule has 1 fully saturated rings. The van der Waals surface area contributed by atoms with E-state index in [-0.39, 0.29) is 17.3 Å². The van der Waals surface area contributed by atoms with E-state index in [1.54, 1.807) is 40.9 Å². The van der Waals surface area contributed by atoms with E-state index in [4.69, 9.17) is 0 Å². The van der Waals surface area contributed by atoms with Gasteiger partial charge in [0.2, 0.25) is 15.9 Å². The van der Waals surface area contributed by atoms with Gasteiger partial charge in [0, 0.05) is 25.0 Å². The summed E-state index contributed by atoms with van der Waals surface area (Å²) in [4.78, 5) is 15.0. The van der Waals surface area contributed by atoms with Crippen molar-refractivity contribution >= 4 is 27.7 Å². The first-order chi connectivity index (χ1) is 9.95. The lowest BCUT2D eigenvalue weighted by atomic mass is 10.4. The Balaban J connectivity index is 2.08. The molecule has 1 aliphatic heterocycles. The number of carbonyl (C=O) groups excluding carboxylic acids is 1. The maximum absolute atomic E-state index is 12.4. The van der Waals surface area contributed by atoms with E-state index in [0.717, 1.165) is 35.1 Å². The van der Waals surface area contributed by atoms with Crippen molar-refractivity contribution in [3.8, 4) is 0 Å². The maximum Gasteiger partial charge on any atom is 0.243 e. The molecule has 1 aromatic carbocycles. The lowest BCUT2D eigenvalue weighted by molar-refractivity contribution is -0.130. The van der Waals surface area contributed by atoms with E-state index < -0.39 is 10.0 Å². The van der Waals surface area contributed by atoms with Crippen LogP contribution in [0.4, 0.5) is 0 Å². The van der Waals surface area contributed by atoms with Crippen LogP contribution < -0.4 is 0 Å². The minimum absolute atomic E-state index is 0.105. The molecule has 0 spiro atoms. The lowest BCUT2D eigenvalue weighted by Crippen LogP contribution is -2.39. The second-order valence-electron chi connectivity index (χ2n) is 5.02. The molecule has 0 aromatic heterocycles. The molecule has 5 nitrogen and oxygen atoms in total. The van der Waals surface area contributed by atoms with Crippen LogP contribution in [0.3, 0.4) is 0 Å². The van der Waals surface area contributed by atoms with Gasteiger partial charge in [0.25, 0.3) is 0 Å². The molecule has 0 unspecified atom stereocenters. The van der Waals surface area contributed by atoms with Crippen molar-refractivity contribution in [2.45, 2.75) is 22.6 Å². The van der Waals surface area contributed by atoms with E-state index in [1.807, 2.05) is 6.26 Å². The molecular weight excluding hydrogens is 308 g/mol. The Bertz CT molecular complexity index is 593. The van der Waals surface area contributed by atoms with Crippen LogP contribution in [0.1, 0.15) is 12.8 Å². The Morgan fingerprint density at radius 2 is 1.81 bits per heavy atom. The Kier molecular flexibility index (Phi) is 5.29. The second-order valence-corrected chi connectivity index (χ2v) is 7.95. The summed E-state index contributed by atoms with van der Waals surface area (Å²) in [7, 11) is -2.16. The summed E-state index contributed by atoms with van der Waals surface area (Å²) < 4.78 is 26.0. The number of likely N-dealkylation sites (N-methyl/N-ethyl adjacent to an activating group) is 1. The standard InChI is InChI=1S/C14H20N2O3S2/c1-15(11-14(17)16-9-3-4-10-16)21(18,19)13-7-5-12(20-2)6-8-13/h5-8H,3-4,9-11H2,1-2H3. The van der Waals surface area contributed by atoms with Gasteiger partial charge in [-0.15, -0.1) is 11.8 Å². The SMILES string of the molecule is CSc1ccc(S(=O)(=O)N(C)CC(=O)N2CCCC2)cc1. The number of hydrogen-bond donors (Lipinski definition) is 0. The summed E-state index contributed by atoms with van der Waals surface area (Å²) in [5.41, 5.74) is 0. The van der Waals surface area contributed by atoms with Gasteiger partial charge in [0.15, 0.2) is 0 Å². The van der Waals surface area contributed by atoms with E-state index in [2.05, 4.69) is 0 Å². The second kappa shape index (κ2) is 6.81. The molecule has 21 heavy (non-hydrogen) atoms. The number of nitrogens with zero attached hydrogens (tertiary/aromatic N) is 2. The third-order valence-corrected chi connectivity index (χ3v) is 6.15. The lowest BCUT2D eigenvalue weighted by Gasteiger charge is -2.21. The Hall–Kier alpha value is -1.05. The summed E-state index contributed by atoms with van der Waals surface area (Å²) in [5, 5.41) is 0. The molecule has 7 heteroatoms. The molecule has 2 rings (SSSR count). The molecule has 116 valence electrons. The summed E-state index contributed by atoms with van der Waals surface area (Å²) in [5.74, 6) is -0.126. The predicted octanol–water partition coefficient (Wildman–Crippen LogP) is 1.65. The van der Waals surface area contributed by atoms with Crippen LogP contribution >= 0.6 is 11.8 Å². The fraction of sp³-hybridized carbons (Fsp3) is 0.500. The zero-order valence-corrected chi connectivity index (χ0v) is 13.9. The highest BCUT2D eigenvalue weighted by atomic mass is 32.2. The van der Waals surface area contributed by atoms with Gasteiger partial charge in [-0.25, -0.2) is 8.42 Å². The van der Waals surface area contributed by atoms with Crippen molar-refractivity contribution in [3.63, 3.8) is 0 Å². The van der Waals surface area contributed by atoms with E-state index >= 15 is 0 Å². The maximum atomic E-state index is 12.4. The summed E-state index contributed by atoms with van der Waals surface area (Å²) in [6.45, 7) is 1.36. The Morgan fingerprint density at radius 3 is 2.33 bits per heavy atom. The molecule has 0 atom stereocenters. The molecule has 0 N–H and O–H groups in total. The number of sulfonamides is 1. The number of rotatable bonds is 5. The minimum Gasteiger partial charge on any atom is -0.342 e. The van der Waals surface area contributed by atoms with Crippen molar-refractivity contribution in [3.05, 3.63) is 24.3 Å². The molecule has 1 aromatic rings. The Morgan fingerprint density at radius 1 is 1.24 bits per heavy atom. The number of thioether (sulfide) groups is 1. The smallest absolute Gasteiger partial charge is 0.243 e. The average Bonchev–Trinajstić information content (AvgIpc) is 3.01. The van der Waals surface area contributed by atoms with Crippen molar-refractivity contribution in [1.29, 1.82) is 0 Å². The van der Waals surface area contributed by atoms with Gasteiger partial charge < -0.3 is 4.90 Å². The molecule has 1 heterocycles. The summed E-state index contributed by atoms with van der Waals surface area (Å²) in [6, 6.07) is 6.71. The van der Waals surface area contributed by atoms with E-state index in [1.165, 1.54) is 7.05 Å². The van der Waals surface area contributed by atoms with E-state index in [9.17, 15) is 13.2 Å². The number of likely N-dealkylation sites (tertiary alicyclic amines) is 1. The first-order valence-electron chi connectivity index (χ1n) is 6.83. The summed E-state index contributed by atoms with van der Waals surface area (Å²) in [6.07, 6.45) is 3.93. The number of hydrogen-bond acceptors (Lipinski definition) is 4. The normalized spacial score (nSPS) is 15.7. The quantitative estimate of drug-likeness (QED) is 0.771. The first-order valence-corrected chi connectivity index (χ1v) is 9.50. The van der Waals surface area contributed by atoms with Gasteiger partial charge in [0.1, 0.15) is 0 Å². The first kappa shape index (κ1) is 16.3. The highest BCUT2D eigenvalue weighted by Crippen LogP contribution is 2.20. The topological polar surface area (TPSA) is 57.7 Å². The minimum atomic E-state index is -3.61. The number of benzene rings is 1. The van der Waals surface area contributed by atoms with Gasteiger partial charge in [-0.05, 0) is 43.4 Å². The fourth-order valence-electron chi connectivity index (χ4n) is 2.27. The van der Waals surface area contributed by atoms with Crippen LogP contribution in [0.15, 0.2) is 34.1 Å². The summed E-state index contributed by atoms with van der Waals surface area (Å²) >= 11 is 1.55. The zero-order valence-electron chi connectivity index (χ0n) is 12.3. The third kappa shape index (κ3) is 3.78. The van der Waals surface area contributed by atoms with Crippen LogP contribution in [0, 0.1) is 0 Å². The molecule has 1 saturated heterocycles. The average molecular weight is 328 g/mol. The number of carbonyl (C=O) groups is 1. The largest absolute Gasteiger partial charge is 0.342 e. The van der Waals surface area contributed by atoms with Gasteiger partial charge in [0.05, 0.1) is 11.4 Å². The van der Waals surface area contributed by atoms with Crippen molar-refractivity contribution in [2.75, 3.05) is 32.9 Å². The van der Waals surface area contributed by atoms with Crippen LogP contribution in [-0.4, -0.2) is 56.5 Å². The highest BCUT2D eigenvalue weighted by Gasteiger charge is 2.26. The predicted molar refractivity (Wildman–Crippen MR) is 83.9 cm³/mol. The molecule has 1 aliphatic rings. The molecule has 0 radical (unpaired) electrons. The zero-order chi connectivity index (χ0) is 15.5. The molecule has 0 bridgehead atoms. The van der Waals surface area contributed by atoms with Crippen molar-refractivity contribution in [2.24, 2.45) is 0 Å². The van der Waals surface area contributed by atoms with Crippen LogP contribution in [-0.2, 0) is 14.8 Å². The fourth-order valence-corrected chi connectivity index (χ4v) is 3.80. The molecule has 1 amide bonds. The van der Waals surface area contributed by atoms with Gasteiger partial charge in [-0.2, -0.15) is 4.31 Å². The number of amides is 1. The van der Waals surface area contributed by atoms with Gasteiger partial charge in [-0.1, -0.05) is 0 Å². The van der Waals surface area contributed by atoms with Crippen LogP contribution in [0.25, 0.3) is 0 Å². The third-order valence-electron chi connectivity index (χ3n) is 3.58. The Labute approximate surface area is 130 Å². The molecular formula is C14H20N2O3S2. The van der Waals surface area contributed by atoms with E-state index in [0.29, 0.717) is 0 Å². The van der Waals surface area contributed by atoms with Crippen molar-refractivity contribution in [1.82, 2.24) is 9.21 Å². The van der Waals surface area contributed by atoms with Gasteiger partial charge >= 0.3 is 0 Å². The molecule has 0 aliphatic carbocycles. The highest BCUT2D eigenvalue weighted by molar-refractivity contribution is 7.98. The van der Waals surface area contributed by atoms with Gasteiger partial charge in [-0.3, -0.25) is 4.79 Å². The molecule has 0 saturated carbocycles.